The molecule has 0 radical (unpaired) electrons. The number of rotatable bonds is 1. The molecule has 96 valence electrons. The summed E-state index contributed by atoms with van der Waals surface area (Å²) in [5.74, 6) is -0.316. The van der Waals surface area contributed by atoms with E-state index < -0.39 is 0 Å². The first-order valence-corrected chi connectivity index (χ1v) is 6.00. The molecule has 0 aliphatic carbocycles. The molecule has 5 nitrogen and oxygen atoms in total. The van der Waals surface area contributed by atoms with Crippen molar-refractivity contribution in [1.29, 1.82) is 0 Å². The topological polar surface area (TPSA) is 57.0 Å². The minimum atomic E-state index is -0.316. The number of hydrogen-bond donors (Lipinski definition) is 0. The van der Waals surface area contributed by atoms with Crippen molar-refractivity contribution in [1.82, 2.24) is 15.0 Å². The fourth-order valence-corrected chi connectivity index (χ4v) is 2.26. The molecule has 19 heavy (non-hydrogen) atoms. The minimum absolute atomic E-state index is 0.316. The molecule has 5 heteroatoms. The van der Waals surface area contributed by atoms with E-state index in [2.05, 4.69) is 10.3 Å². The Bertz CT molecular complexity index is 686. The number of aromatic nitrogens is 3. The van der Waals surface area contributed by atoms with E-state index in [0.29, 0.717) is 12.0 Å². The molecule has 0 saturated carbocycles. The summed E-state index contributed by atoms with van der Waals surface area (Å²) in [5, 5.41) is 8.25. The van der Waals surface area contributed by atoms with Crippen LogP contribution in [0.3, 0.4) is 0 Å². The number of fused-ring (bicyclic) bond motifs is 3. The maximum absolute atomic E-state index is 11.8. The van der Waals surface area contributed by atoms with Crippen molar-refractivity contribution < 1.29 is 9.53 Å². The van der Waals surface area contributed by atoms with Gasteiger partial charge in [-0.3, -0.25) is 0 Å². The fourth-order valence-electron chi connectivity index (χ4n) is 2.26. The number of para-hydroxylation sites is 1. The molecule has 0 spiro atoms. The Labute approximate surface area is 110 Å². The summed E-state index contributed by atoms with van der Waals surface area (Å²) in [5.41, 5.74) is 4.22. The number of benzene rings is 1. The Morgan fingerprint density at radius 2 is 2.16 bits per heavy atom. The molecule has 0 amide bonds. The Morgan fingerprint density at radius 1 is 1.37 bits per heavy atom. The number of methoxy groups -OCH3 is 1. The third kappa shape index (κ3) is 1.83. The first kappa shape index (κ1) is 11.6. The second-order valence-electron chi connectivity index (χ2n) is 4.43. The highest BCUT2D eigenvalue weighted by Gasteiger charge is 2.22. The number of ether oxygens (including phenoxy) is 1. The SMILES string of the molecule is COC(=O)C1=Cc2ccccc2-n2nnc(C)c2C1. The molecular weight excluding hydrogens is 242 g/mol. The lowest BCUT2D eigenvalue weighted by molar-refractivity contribution is -0.136. The van der Waals surface area contributed by atoms with Gasteiger partial charge in [-0.1, -0.05) is 23.4 Å². The average Bonchev–Trinajstić information content (AvgIpc) is 2.71. The summed E-state index contributed by atoms with van der Waals surface area (Å²) in [7, 11) is 1.39. The van der Waals surface area contributed by atoms with Crippen LogP contribution in [0.4, 0.5) is 0 Å². The molecule has 0 N–H and O–H groups in total. The zero-order valence-corrected chi connectivity index (χ0v) is 10.8. The molecule has 1 aliphatic rings. The van der Waals surface area contributed by atoms with Crippen LogP contribution in [-0.2, 0) is 16.0 Å². The lowest BCUT2D eigenvalue weighted by atomic mass is 10.1. The van der Waals surface area contributed by atoms with Gasteiger partial charge in [0.05, 0.1) is 24.2 Å². The van der Waals surface area contributed by atoms with E-state index >= 15 is 0 Å². The summed E-state index contributed by atoms with van der Waals surface area (Å²) in [6.45, 7) is 1.89. The van der Waals surface area contributed by atoms with E-state index in [9.17, 15) is 4.79 Å². The Balaban J connectivity index is 2.25. The third-order valence-corrected chi connectivity index (χ3v) is 3.26. The highest BCUT2D eigenvalue weighted by molar-refractivity contribution is 5.95. The van der Waals surface area contributed by atoms with E-state index in [4.69, 9.17) is 4.74 Å². The van der Waals surface area contributed by atoms with Crippen LogP contribution in [0.5, 0.6) is 0 Å². The van der Waals surface area contributed by atoms with Gasteiger partial charge in [0.2, 0.25) is 0 Å². The van der Waals surface area contributed by atoms with Crippen molar-refractivity contribution in [3.63, 3.8) is 0 Å². The van der Waals surface area contributed by atoms with Crippen LogP contribution in [0.2, 0.25) is 0 Å². The van der Waals surface area contributed by atoms with Crippen LogP contribution in [0.25, 0.3) is 11.8 Å². The van der Waals surface area contributed by atoms with Crippen molar-refractivity contribution in [3.8, 4) is 5.69 Å². The van der Waals surface area contributed by atoms with Crippen molar-refractivity contribution >= 4 is 12.0 Å². The number of carbonyl (C=O) groups is 1. The van der Waals surface area contributed by atoms with Crippen LogP contribution in [-0.4, -0.2) is 28.1 Å². The van der Waals surface area contributed by atoms with E-state index in [1.54, 1.807) is 4.68 Å². The number of nitrogens with zero attached hydrogens (tertiary/aromatic N) is 3. The minimum Gasteiger partial charge on any atom is -0.466 e. The standard InChI is InChI=1S/C14H13N3O2/c1-9-13-8-11(14(18)19-2)7-10-5-3-4-6-12(10)17(13)16-15-9/h3-7H,8H2,1-2H3. The maximum Gasteiger partial charge on any atom is 0.334 e. The van der Waals surface area contributed by atoms with Gasteiger partial charge in [-0.15, -0.1) is 5.10 Å². The van der Waals surface area contributed by atoms with Crippen molar-refractivity contribution in [2.75, 3.05) is 7.11 Å². The molecule has 1 aliphatic heterocycles. The van der Waals surface area contributed by atoms with Crippen LogP contribution in [0.1, 0.15) is 17.0 Å². The summed E-state index contributed by atoms with van der Waals surface area (Å²) < 4.78 is 6.62. The van der Waals surface area contributed by atoms with E-state index in [1.807, 2.05) is 37.3 Å². The van der Waals surface area contributed by atoms with Gasteiger partial charge in [0.1, 0.15) is 0 Å². The number of hydrogen-bond acceptors (Lipinski definition) is 4. The zero-order valence-electron chi connectivity index (χ0n) is 10.8. The van der Waals surface area contributed by atoms with Crippen molar-refractivity contribution in [2.45, 2.75) is 13.3 Å². The van der Waals surface area contributed by atoms with Crippen LogP contribution >= 0.6 is 0 Å². The summed E-state index contributed by atoms with van der Waals surface area (Å²) in [4.78, 5) is 11.8. The van der Waals surface area contributed by atoms with Gasteiger partial charge in [-0.2, -0.15) is 0 Å². The third-order valence-electron chi connectivity index (χ3n) is 3.26. The van der Waals surface area contributed by atoms with Gasteiger partial charge in [0, 0.05) is 17.6 Å². The monoisotopic (exact) mass is 255 g/mol. The van der Waals surface area contributed by atoms with Crippen LogP contribution < -0.4 is 0 Å². The van der Waals surface area contributed by atoms with E-state index in [0.717, 1.165) is 22.6 Å². The molecule has 0 unspecified atom stereocenters. The van der Waals surface area contributed by atoms with E-state index in [-0.39, 0.29) is 5.97 Å². The van der Waals surface area contributed by atoms with Crippen molar-refractivity contribution in [3.05, 3.63) is 46.8 Å². The van der Waals surface area contributed by atoms with Gasteiger partial charge >= 0.3 is 5.97 Å². The van der Waals surface area contributed by atoms with Crippen molar-refractivity contribution in [2.24, 2.45) is 0 Å². The first-order chi connectivity index (χ1) is 9.20. The normalized spacial score (nSPS) is 13.1. The number of carbonyl (C=O) groups excluding carboxylic acids is 1. The van der Waals surface area contributed by atoms with E-state index in [1.165, 1.54) is 7.11 Å². The Morgan fingerprint density at radius 3 is 2.95 bits per heavy atom. The number of aryl methyl sites for hydroxylation is 1. The number of esters is 1. The molecule has 2 aromatic rings. The highest BCUT2D eigenvalue weighted by atomic mass is 16.5. The molecular formula is C14H13N3O2. The average molecular weight is 255 g/mol. The summed E-state index contributed by atoms with van der Waals surface area (Å²) >= 11 is 0. The Kier molecular flexibility index (Phi) is 2.67. The predicted molar refractivity (Wildman–Crippen MR) is 69.8 cm³/mol. The fraction of sp³-hybridized carbons (Fsp3) is 0.214. The molecule has 0 saturated heterocycles. The predicted octanol–water partition coefficient (Wildman–Crippen LogP) is 1.69. The van der Waals surface area contributed by atoms with Gasteiger partial charge in [-0.05, 0) is 19.1 Å². The van der Waals surface area contributed by atoms with Gasteiger partial charge < -0.3 is 4.74 Å². The molecule has 1 aromatic heterocycles. The smallest absolute Gasteiger partial charge is 0.334 e. The molecule has 1 aromatic carbocycles. The van der Waals surface area contributed by atoms with Crippen LogP contribution in [0, 0.1) is 6.92 Å². The summed E-state index contributed by atoms with van der Waals surface area (Å²) in [6.07, 6.45) is 2.33. The molecule has 0 fully saturated rings. The zero-order chi connectivity index (χ0) is 13.4. The highest BCUT2D eigenvalue weighted by Crippen LogP contribution is 2.26. The van der Waals surface area contributed by atoms with Gasteiger partial charge in [0.25, 0.3) is 0 Å². The molecule has 0 bridgehead atoms. The molecule has 2 heterocycles. The molecule has 0 atom stereocenters. The van der Waals surface area contributed by atoms with Gasteiger partial charge in [-0.25, -0.2) is 9.48 Å². The molecule has 3 rings (SSSR count). The lowest BCUT2D eigenvalue weighted by Crippen LogP contribution is -2.09. The summed E-state index contributed by atoms with van der Waals surface area (Å²) in [6, 6.07) is 7.78. The van der Waals surface area contributed by atoms with Crippen LogP contribution in [0.15, 0.2) is 29.8 Å². The maximum atomic E-state index is 11.8. The van der Waals surface area contributed by atoms with Gasteiger partial charge in [0.15, 0.2) is 0 Å². The first-order valence-electron chi connectivity index (χ1n) is 6.00. The second-order valence-corrected chi connectivity index (χ2v) is 4.43. The second kappa shape index (κ2) is 4.35. The Hall–Kier alpha value is -2.43. The largest absolute Gasteiger partial charge is 0.466 e. The lowest BCUT2D eigenvalue weighted by Gasteiger charge is -2.05. The quantitative estimate of drug-likeness (QED) is 0.728.